The molecule has 3 rings (SSSR count). The van der Waals surface area contributed by atoms with Crippen LogP contribution in [-0.2, 0) is 12.0 Å². The molecular formula is C21H29N3. The number of hydrogen-bond acceptors (Lipinski definition) is 3. The van der Waals surface area contributed by atoms with Crippen molar-refractivity contribution in [1.29, 1.82) is 0 Å². The Morgan fingerprint density at radius 1 is 1.04 bits per heavy atom. The smallest absolute Gasteiger partial charge is 0.0455 e. The fourth-order valence-electron chi connectivity index (χ4n) is 4.01. The van der Waals surface area contributed by atoms with Gasteiger partial charge in [0.05, 0.1) is 0 Å². The minimum atomic E-state index is 0.199. The van der Waals surface area contributed by atoms with E-state index in [1.54, 1.807) is 0 Å². The number of benzene rings is 1. The second kappa shape index (κ2) is 7.91. The van der Waals surface area contributed by atoms with E-state index in [1.807, 2.05) is 12.4 Å². The van der Waals surface area contributed by atoms with E-state index in [0.717, 1.165) is 13.0 Å². The molecule has 1 aromatic heterocycles. The van der Waals surface area contributed by atoms with E-state index in [4.69, 9.17) is 0 Å². The van der Waals surface area contributed by atoms with Crippen molar-refractivity contribution in [1.82, 2.24) is 15.2 Å². The molecule has 1 aliphatic rings. The summed E-state index contributed by atoms with van der Waals surface area (Å²) in [6.45, 7) is 1.05. The highest BCUT2D eigenvalue weighted by molar-refractivity contribution is 5.25. The molecule has 0 spiro atoms. The van der Waals surface area contributed by atoms with Crippen LogP contribution in [0.3, 0.4) is 0 Å². The van der Waals surface area contributed by atoms with Gasteiger partial charge in [-0.05, 0) is 76.0 Å². The first-order chi connectivity index (χ1) is 11.7. The summed E-state index contributed by atoms with van der Waals surface area (Å²) in [7, 11) is 4.45. The Hall–Kier alpha value is -1.71. The van der Waals surface area contributed by atoms with Crippen molar-refractivity contribution in [3.05, 3.63) is 66.0 Å². The topological polar surface area (TPSA) is 28.2 Å². The molecule has 1 heterocycles. The minimum Gasteiger partial charge on any atom is -0.314 e. The van der Waals surface area contributed by atoms with Crippen LogP contribution >= 0.6 is 0 Å². The van der Waals surface area contributed by atoms with Gasteiger partial charge in [-0.1, -0.05) is 30.3 Å². The monoisotopic (exact) mass is 323 g/mol. The zero-order valence-electron chi connectivity index (χ0n) is 14.9. The summed E-state index contributed by atoms with van der Waals surface area (Å²) in [4.78, 5) is 6.51. The van der Waals surface area contributed by atoms with E-state index >= 15 is 0 Å². The third-order valence-corrected chi connectivity index (χ3v) is 5.58. The molecule has 2 aromatic rings. The predicted octanol–water partition coefficient (Wildman–Crippen LogP) is 3.61. The molecule has 1 aliphatic carbocycles. The lowest BCUT2D eigenvalue weighted by Crippen LogP contribution is -2.48. The van der Waals surface area contributed by atoms with Crippen LogP contribution < -0.4 is 5.32 Å². The molecule has 1 aromatic carbocycles. The van der Waals surface area contributed by atoms with Gasteiger partial charge in [0, 0.05) is 24.0 Å². The molecule has 0 radical (unpaired) electrons. The van der Waals surface area contributed by atoms with Crippen molar-refractivity contribution in [2.45, 2.75) is 43.7 Å². The van der Waals surface area contributed by atoms with Gasteiger partial charge in [-0.3, -0.25) is 9.88 Å². The van der Waals surface area contributed by atoms with Gasteiger partial charge in [0.15, 0.2) is 0 Å². The first-order valence-corrected chi connectivity index (χ1v) is 9.06. The average Bonchev–Trinajstić information content (AvgIpc) is 2.64. The zero-order valence-corrected chi connectivity index (χ0v) is 14.9. The van der Waals surface area contributed by atoms with Crippen LogP contribution in [0.25, 0.3) is 0 Å². The molecule has 1 fully saturated rings. The highest BCUT2D eigenvalue weighted by Crippen LogP contribution is 2.40. The van der Waals surface area contributed by atoms with Gasteiger partial charge in [-0.15, -0.1) is 0 Å². The normalized spacial score (nSPS) is 24.2. The molecule has 3 nitrogen and oxygen atoms in total. The van der Waals surface area contributed by atoms with Crippen LogP contribution in [0.15, 0.2) is 54.9 Å². The summed E-state index contributed by atoms with van der Waals surface area (Å²) in [6.07, 6.45) is 9.75. The summed E-state index contributed by atoms with van der Waals surface area (Å²) in [5, 5.41) is 3.76. The van der Waals surface area contributed by atoms with E-state index in [1.165, 1.54) is 36.8 Å². The quantitative estimate of drug-likeness (QED) is 0.880. The van der Waals surface area contributed by atoms with Gasteiger partial charge >= 0.3 is 0 Å². The van der Waals surface area contributed by atoms with Crippen molar-refractivity contribution in [2.75, 3.05) is 20.6 Å². The Bertz CT molecular complexity index is 601. The Kier molecular flexibility index (Phi) is 5.64. The fraction of sp³-hybridized carbons (Fsp3) is 0.476. The lowest BCUT2D eigenvalue weighted by Gasteiger charge is -2.45. The fourth-order valence-corrected chi connectivity index (χ4v) is 4.01. The van der Waals surface area contributed by atoms with E-state index < -0.39 is 0 Å². The minimum absolute atomic E-state index is 0.199. The summed E-state index contributed by atoms with van der Waals surface area (Å²) >= 11 is 0. The maximum atomic E-state index is 4.08. The first-order valence-electron chi connectivity index (χ1n) is 9.06. The first kappa shape index (κ1) is 17.1. The Labute approximate surface area is 146 Å². The Morgan fingerprint density at radius 2 is 1.71 bits per heavy atom. The van der Waals surface area contributed by atoms with Crippen LogP contribution in [0.5, 0.6) is 0 Å². The molecule has 128 valence electrons. The van der Waals surface area contributed by atoms with Crippen molar-refractivity contribution in [2.24, 2.45) is 0 Å². The van der Waals surface area contributed by atoms with Gasteiger partial charge in [0.25, 0.3) is 0 Å². The number of nitrogens with zero attached hydrogens (tertiary/aromatic N) is 2. The number of aromatic nitrogens is 1. The average molecular weight is 323 g/mol. The highest BCUT2D eigenvalue weighted by atomic mass is 15.1. The summed E-state index contributed by atoms with van der Waals surface area (Å²) in [5.74, 6) is 0. The molecule has 0 bridgehead atoms. The van der Waals surface area contributed by atoms with Crippen LogP contribution in [0.2, 0.25) is 0 Å². The van der Waals surface area contributed by atoms with Crippen LogP contribution in [0.4, 0.5) is 0 Å². The van der Waals surface area contributed by atoms with Crippen LogP contribution in [0.1, 0.15) is 36.8 Å². The molecule has 24 heavy (non-hydrogen) atoms. The maximum absolute atomic E-state index is 4.08. The number of hydrogen-bond donors (Lipinski definition) is 1. The van der Waals surface area contributed by atoms with E-state index in [9.17, 15) is 0 Å². The third kappa shape index (κ3) is 3.85. The van der Waals surface area contributed by atoms with E-state index in [0.29, 0.717) is 6.04 Å². The molecule has 0 atom stereocenters. The number of nitrogens with one attached hydrogen (secondary N) is 1. The van der Waals surface area contributed by atoms with E-state index in [-0.39, 0.29) is 5.54 Å². The molecule has 0 saturated heterocycles. The molecular weight excluding hydrogens is 294 g/mol. The number of pyridine rings is 1. The van der Waals surface area contributed by atoms with Gasteiger partial charge in [0.2, 0.25) is 0 Å². The lowest BCUT2D eigenvalue weighted by molar-refractivity contribution is 0.0858. The SMILES string of the molecule is CN(C)C1(c2ccccc2)CCC(NCCc2ccncc2)CC1. The van der Waals surface area contributed by atoms with Crippen LogP contribution in [0, 0.1) is 0 Å². The second-order valence-corrected chi connectivity index (χ2v) is 7.13. The van der Waals surface area contributed by atoms with Gasteiger partial charge < -0.3 is 5.32 Å². The highest BCUT2D eigenvalue weighted by Gasteiger charge is 2.38. The van der Waals surface area contributed by atoms with Crippen molar-refractivity contribution in [3.8, 4) is 0 Å². The zero-order chi connectivity index (χ0) is 16.8. The predicted molar refractivity (Wildman–Crippen MR) is 100 cm³/mol. The van der Waals surface area contributed by atoms with Crippen LogP contribution in [-0.4, -0.2) is 36.6 Å². The van der Waals surface area contributed by atoms with Gasteiger partial charge in [-0.25, -0.2) is 0 Å². The summed E-state index contributed by atoms with van der Waals surface area (Å²) < 4.78 is 0. The molecule has 0 amide bonds. The molecule has 3 heteroatoms. The lowest BCUT2D eigenvalue weighted by atomic mass is 9.74. The van der Waals surface area contributed by atoms with Crippen molar-refractivity contribution in [3.63, 3.8) is 0 Å². The third-order valence-electron chi connectivity index (χ3n) is 5.58. The Balaban J connectivity index is 1.54. The molecule has 0 unspecified atom stereocenters. The number of rotatable bonds is 6. The maximum Gasteiger partial charge on any atom is 0.0455 e. The largest absolute Gasteiger partial charge is 0.314 e. The summed E-state index contributed by atoms with van der Waals surface area (Å²) in [6, 6.07) is 15.9. The summed E-state index contributed by atoms with van der Waals surface area (Å²) in [5.41, 5.74) is 3.02. The second-order valence-electron chi connectivity index (χ2n) is 7.13. The van der Waals surface area contributed by atoms with Crippen molar-refractivity contribution < 1.29 is 0 Å². The van der Waals surface area contributed by atoms with Gasteiger partial charge in [0.1, 0.15) is 0 Å². The standard InChI is InChI=1S/C21H29N3/c1-24(2)21(19-6-4-3-5-7-19)13-8-20(9-14-21)23-17-12-18-10-15-22-16-11-18/h3-7,10-11,15-16,20,23H,8-9,12-14,17H2,1-2H3. The Morgan fingerprint density at radius 3 is 2.33 bits per heavy atom. The van der Waals surface area contributed by atoms with Gasteiger partial charge in [-0.2, -0.15) is 0 Å². The van der Waals surface area contributed by atoms with E-state index in [2.05, 4.69) is 71.8 Å². The molecule has 1 N–H and O–H groups in total. The molecule has 1 saturated carbocycles. The van der Waals surface area contributed by atoms with Crippen molar-refractivity contribution >= 4 is 0 Å². The molecule has 0 aliphatic heterocycles.